The Morgan fingerprint density at radius 1 is 1.64 bits per heavy atom. The third-order valence-electron chi connectivity index (χ3n) is 1.92. The van der Waals surface area contributed by atoms with Gasteiger partial charge in [0.05, 0.1) is 12.2 Å². The SMILES string of the molecule is Cc1cc(N)n(Cc2sccc2Br)n1. The highest BCUT2D eigenvalue weighted by molar-refractivity contribution is 9.10. The Hall–Kier alpha value is -0.810. The summed E-state index contributed by atoms with van der Waals surface area (Å²) in [5.41, 5.74) is 6.75. The predicted octanol–water partition coefficient (Wildman–Crippen LogP) is 2.65. The van der Waals surface area contributed by atoms with Crippen LogP contribution in [0.5, 0.6) is 0 Å². The van der Waals surface area contributed by atoms with Gasteiger partial charge in [-0.15, -0.1) is 11.3 Å². The minimum Gasteiger partial charge on any atom is -0.384 e. The lowest BCUT2D eigenvalue weighted by atomic mass is 10.4. The molecule has 0 saturated carbocycles. The predicted molar refractivity (Wildman–Crippen MR) is 62.5 cm³/mol. The number of nitrogen functional groups attached to an aromatic ring is 1. The smallest absolute Gasteiger partial charge is 0.122 e. The highest BCUT2D eigenvalue weighted by Gasteiger charge is 2.06. The van der Waals surface area contributed by atoms with Gasteiger partial charge in [0, 0.05) is 15.4 Å². The van der Waals surface area contributed by atoms with E-state index in [2.05, 4.69) is 21.0 Å². The summed E-state index contributed by atoms with van der Waals surface area (Å²) in [5, 5.41) is 6.35. The summed E-state index contributed by atoms with van der Waals surface area (Å²) in [4.78, 5) is 1.24. The summed E-state index contributed by atoms with van der Waals surface area (Å²) in [6.45, 7) is 2.67. The lowest BCUT2D eigenvalue weighted by Crippen LogP contribution is -2.04. The monoisotopic (exact) mass is 271 g/mol. The number of halogens is 1. The summed E-state index contributed by atoms with van der Waals surface area (Å²) in [5.74, 6) is 0.711. The highest BCUT2D eigenvalue weighted by Crippen LogP contribution is 2.24. The van der Waals surface area contributed by atoms with Crippen molar-refractivity contribution in [3.63, 3.8) is 0 Å². The number of thiophene rings is 1. The van der Waals surface area contributed by atoms with Gasteiger partial charge in [0.15, 0.2) is 0 Å². The average Bonchev–Trinajstić information content (AvgIpc) is 2.62. The van der Waals surface area contributed by atoms with Crippen LogP contribution < -0.4 is 5.73 Å². The number of nitrogens with zero attached hydrogens (tertiary/aromatic N) is 2. The molecule has 0 aliphatic heterocycles. The zero-order valence-corrected chi connectivity index (χ0v) is 10.1. The number of anilines is 1. The Kier molecular flexibility index (Phi) is 2.60. The maximum absolute atomic E-state index is 5.80. The van der Waals surface area contributed by atoms with E-state index in [1.54, 1.807) is 11.3 Å². The van der Waals surface area contributed by atoms with Crippen molar-refractivity contribution in [3.05, 3.63) is 32.6 Å². The van der Waals surface area contributed by atoms with Gasteiger partial charge in [0.25, 0.3) is 0 Å². The zero-order valence-electron chi connectivity index (χ0n) is 7.70. The van der Waals surface area contributed by atoms with Crippen molar-refractivity contribution in [2.45, 2.75) is 13.5 Å². The van der Waals surface area contributed by atoms with Crippen LogP contribution >= 0.6 is 27.3 Å². The fourth-order valence-electron chi connectivity index (χ4n) is 1.27. The molecule has 2 aromatic heterocycles. The van der Waals surface area contributed by atoms with Gasteiger partial charge in [-0.25, -0.2) is 4.68 Å². The van der Waals surface area contributed by atoms with E-state index in [1.807, 2.05) is 29.1 Å². The molecule has 5 heteroatoms. The fraction of sp³-hybridized carbons (Fsp3) is 0.222. The summed E-state index contributed by atoms with van der Waals surface area (Å²) in [7, 11) is 0. The number of rotatable bonds is 2. The van der Waals surface area contributed by atoms with Gasteiger partial charge in [-0.1, -0.05) is 0 Å². The van der Waals surface area contributed by atoms with Crippen LogP contribution in [0.3, 0.4) is 0 Å². The van der Waals surface area contributed by atoms with Crippen LogP contribution in [0, 0.1) is 6.92 Å². The molecular weight excluding hydrogens is 262 g/mol. The second-order valence-electron chi connectivity index (χ2n) is 3.06. The molecule has 0 aliphatic rings. The maximum atomic E-state index is 5.80. The van der Waals surface area contributed by atoms with Crippen molar-refractivity contribution in [2.24, 2.45) is 0 Å². The Balaban J connectivity index is 2.27. The summed E-state index contributed by atoms with van der Waals surface area (Å²) >= 11 is 5.18. The molecule has 0 fully saturated rings. The number of aromatic nitrogens is 2. The van der Waals surface area contributed by atoms with Crippen LogP contribution in [0.4, 0.5) is 5.82 Å². The molecule has 0 unspecified atom stereocenters. The summed E-state index contributed by atoms with van der Waals surface area (Å²) < 4.78 is 2.93. The molecule has 0 radical (unpaired) electrons. The molecule has 2 aromatic rings. The van der Waals surface area contributed by atoms with Gasteiger partial charge in [0.1, 0.15) is 5.82 Å². The van der Waals surface area contributed by atoms with E-state index in [0.717, 1.165) is 16.7 Å². The van der Waals surface area contributed by atoms with Crippen molar-refractivity contribution in [3.8, 4) is 0 Å². The van der Waals surface area contributed by atoms with E-state index in [9.17, 15) is 0 Å². The van der Waals surface area contributed by atoms with Crippen LogP contribution in [0.2, 0.25) is 0 Å². The Labute approximate surface area is 94.7 Å². The van der Waals surface area contributed by atoms with Crippen molar-refractivity contribution < 1.29 is 0 Å². The molecule has 0 saturated heterocycles. The molecule has 2 heterocycles. The fourth-order valence-corrected chi connectivity index (χ4v) is 2.72. The topological polar surface area (TPSA) is 43.8 Å². The Morgan fingerprint density at radius 3 is 2.93 bits per heavy atom. The zero-order chi connectivity index (χ0) is 10.1. The van der Waals surface area contributed by atoms with Crippen molar-refractivity contribution >= 4 is 33.1 Å². The van der Waals surface area contributed by atoms with Gasteiger partial charge >= 0.3 is 0 Å². The quantitative estimate of drug-likeness (QED) is 0.913. The standard InChI is InChI=1S/C9H10BrN3S/c1-6-4-9(11)13(12-6)5-8-7(10)2-3-14-8/h2-4H,5,11H2,1H3. The largest absolute Gasteiger partial charge is 0.384 e. The average molecular weight is 272 g/mol. The molecule has 0 aromatic carbocycles. The number of hydrogen-bond donors (Lipinski definition) is 1. The molecule has 3 nitrogen and oxygen atoms in total. The number of aryl methyl sites for hydroxylation is 1. The molecule has 14 heavy (non-hydrogen) atoms. The van der Waals surface area contributed by atoms with E-state index in [1.165, 1.54) is 4.88 Å². The van der Waals surface area contributed by atoms with Crippen LogP contribution in [-0.2, 0) is 6.54 Å². The normalized spacial score (nSPS) is 10.7. The van der Waals surface area contributed by atoms with E-state index in [-0.39, 0.29) is 0 Å². The third-order valence-corrected chi connectivity index (χ3v) is 3.83. The lowest BCUT2D eigenvalue weighted by molar-refractivity contribution is 0.695. The van der Waals surface area contributed by atoms with Crippen molar-refractivity contribution in [2.75, 3.05) is 5.73 Å². The van der Waals surface area contributed by atoms with Gasteiger partial charge in [-0.2, -0.15) is 5.10 Å². The molecule has 74 valence electrons. The van der Waals surface area contributed by atoms with Gasteiger partial charge in [-0.3, -0.25) is 0 Å². The van der Waals surface area contributed by atoms with Gasteiger partial charge in [0.2, 0.25) is 0 Å². The molecule has 0 bridgehead atoms. The maximum Gasteiger partial charge on any atom is 0.122 e. The minimum absolute atomic E-state index is 0.711. The Bertz CT molecular complexity index is 447. The van der Waals surface area contributed by atoms with Gasteiger partial charge in [-0.05, 0) is 34.3 Å². The third kappa shape index (κ3) is 1.83. The van der Waals surface area contributed by atoms with E-state index in [0.29, 0.717) is 5.82 Å². The lowest BCUT2D eigenvalue weighted by Gasteiger charge is -2.01. The van der Waals surface area contributed by atoms with Crippen LogP contribution in [0.25, 0.3) is 0 Å². The number of hydrogen-bond acceptors (Lipinski definition) is 3. The van der Waals surface area contributed by atoms with E-state index in [4.69, 9.17) is 5.73 Å². The molecular formula is C9H10BrN3S. The Morgan fingerprint density at radius 2 is 2.43 bits per heavy atom. The van der Waals surface area contributed by atoms with Crippen LogP contribution in [-0.4, -0.2) is 9.78 Å². The summed E-state index contributed by atoms with van der Waals surface area (Å²) in [6.07, 6.45) is 0. The van der Waals surface area contributed by atoms with Crippen molar-refractivity contribution in [1.29, 1.82) is 0 Å². The first-order valence-corrected chi connectivity index (χ1v) is 5.86. The highest BCUT2D eigenvalue weighted by atomic mass is 79.9. The number of nitrogens with two attached hydrogens (primary N) is 1. The second-order valence-corrected chi connectivity index (χ2v) is 4.91. The molecule has 2 N–H and O–H groups in total. The van der Waals surface area contributed by atoms with E-state index < -0.39 is 0 Å². The molecule has 0 spiro atoms. The summed E-state index contributed by atoms with van der Waals surface area (Å²) in [6, 6.07) is 3.91. The van der Waals surface area contributed by atoms with E-state index >= 15 is 0 Å². The molecule has 0 amide bonds. The minimum atomic E-state index is 0.711. The van der Waals surface area contributed by atoms with Crippen molar-refractivity contribution in [1.82, 2.24) is 9.78 Å². The van der Waals surface area contributed by atoms with Crippen LogP contribution in [0.15, 0.2) is 22.0 Å². The van der Waals surface area contributed by atoms with Crippen LogP contribution in [0.1, 0.15) is 10.6 Å². The first kappa shape index (κ1) is 9.73. The first-order valence-electron chi connectivity index (χ1n) is 4.18. The molecule has 0 aliphatic carbocycles. The second kappa shape index (κ2) is 3.74. The molecule has 2 rings (SSSR count). The van der Waals surface area contributed by atoms with Gasteiger partial charge < -0.3 is 5.73 Å². The molecule has 0 atom stereocenters. The first-order chi connectivity index (χ1) is 6.66.